The monoisotopic (exact) mass is 267 g/mol. The maximum absolute atomic E-state index is 12.2. The number of hydrogen-bond acceptors (Lipinski definition) is 4. The molecule has 19 heavy (non-hydrogen) atoms. The van der Waals surface area contributed by atoms with Crippen molar-refractivity contribution in [3.05, 3.63) is 23.7 Å². The summed E-state index contributed by atoms with van der Waals surface area (Å²) >= 11 is 0. The predicted molar refractivity (Wildman–Crippen MR) is 66.2 cm³/mol. The zero-order valence-electron chi connectivity index (χ0n) is 10.8. The molecule has 0 spiro atoms. The number of piperidine rings is 1. The highest BCUT2D eigenvalue weighted by molar-refractivity contribution is 5.95. The summed E-state index contributed by atoms with van der Waals surface area (Å²) in [6.45, 7) is 3.71. The lowest BCUT2D eigenvalue weighted by atomic mass is 10.1. The minimum atomic E-state index is -1.10. The Labute approximate surface area is 110 Å². The summed E-state index contributed by atoms with van der Waals surface area (Å²) in [4.78, 5) is 24.6. The van der Waals surface area contributed by atoms with Crippen LogP contribution in [0.5, 0.6) is 0 Å². The number of hydrogen-bond donors (Lipinski definition) is 1. The highest BCUT2D eigenvalue weighted by Crippen LogP contribution is 2.17. The molecule has 1 aromatic rings. The molecule has 1 aliphatic heterocycles. The van der Waals surface area contributed by atoms with Crippen LogP contribution in [0.4, 0.5) is 0 Å². The third-order valence-electron chi connectivity index (χ3n) is 3.12. The first-order valence-electron chi connectivity index (χ1n) is 6.34. The van der Waals surface area contributed by atoms with E-state index < -0.39 is 5.97 Å². The number of carbonyl (C=O) groups is 2. The Kier molecular flexibility index (Phi) is 4.21. The second-order valence-corrected chi connectivity index (χ2v) is 4.48. The van der Waals surface area contributed by atoms with E-state index >= 15 is 0 Å². The van der Waals surface area contributed by atoms with Gasteiger partial charge in [0.25, 0.3) is 5.91 Å². The van der Waals surface area contributed by atoms with Crippen LogP contribution in [0.2, 0.25) is 0 Å². The van der Waals surface area contributed by atoms with Crippen LogP contribution in [-0.4, -0.2) is 47.7 Å². The van der Waals surface area contributed by atoms with Crippen molar-refractivity contribution in [2.75, 3.05) is 19.7 Å². The first kappa shape index (κ1) is 13.6. The smallest absolute Gasteiger partial charge is 0.338 e. The van der Waals surface area contributed by atoms with Gasteiger partial charge >= 0.3 is 5.97 Å². The van der Waals surface area contributed by atoms with Gasteiger partial charge in [-0.05, 0) is 19.8 Å². The molecule has 0 aliphatic carbocycles. The molecule has 1 aromatic heterocycles. The van der Waals surface area contributed by atoms with Crippen molar-refractivity contribution < 1.29 is 23.8 Å². The van der Waals surface area contributed by atoms with Crippen molar-refractivity contribution in [2.45, 2.75) is 25.9 Å². The van der Waals surface area contributed by atoms with E-state index in [4.69, 9.17) is 14.3 Å². The molecule has 1 saturated heterocycles. The number of carboxylic acids is 1. The van der Waals surface area contributed by atoms with Crippen molar-refractivity contribution in [1.82, 2.24) is 4.90 Å². The SMILES string of the molecule is CCOC1CCCN(C(=O)c2cc(C(=O)O)co2)C1. The fraction of sp³-hybridized carbons (Fsp3) is 0.538. The number of ether oxygens (including phenoxy) is 1. The fourth-order valence-electron chi connectivity index (χ4n) is 2.21. The average Bonchev–Trinajstić information content (AvgIpc) is 2.88. The Hall–Kier alpha value is -1.82. The summed E-state index contributed by atoms with van der Waals surface area (Å²) in [5.41, 5.74) is -0.0123. The standard InChI is InChI=1S/C13H17NO5/c1-2-18-10-4-3-5-14(7-10)12(15)11-6-9(8-19-11)13(16)17/h6,8,10H,2-5,7H2,1H3,(H,16,17). The summed E-state index contributed by atoms with van der Waals surface area (Å²) < 4.78 is 10.5. The molecular formula is C13H17NO5. The average molecular weight is 267 g/mol. The number of carbonyl (C=O) groups excluding carboxylic acids is 1. The molecule has 1 atom stereocenters. The van der Waals surface area contributed by atoms with Crippen LogP contribution in [0.25, 0.3) is 0 Å². The summed E-state index contributed by atoms with van der Waals surface area (Å²) in [6, 6.07) is 1.26. The molecule has 1 amide bonds. The highest BCUT2D eigenvalue weighted by atomic mass is 16.5. The van der Waals surface area contributed by atoms with Gasteiger partial charge in [-0.3, -0.25) is 4.79 Å². The molecule has 6 nitrogen and oxygen atoms in total. The lowest BCUT2D eigenvalue weighted by Gasteiger charge is -2.31. The van der Waals surface area contributed by atoms with Crippen LogP contribution in [0.1, 0.15) is 40.7 Å². The zero-order chi connectivity index (χ0) is 13.8. The maximum Gasteiger partial charge on any atom is 0.338 e. The third-order valence-corrected chi connectivity index (χ3v) is 3.12. The Bertz CT molecular complexity index is 465. The van der Waals surface area contributed by atoms with Gasteiger partial charge in [-0.25, -0.2) is 4.79 Å². The molecule has 6 heteroatoms. The lowest BCUT2D eigenvalue weighted by Crippen LogP contribution is -2.43. The quantitative estimate of drug-likeness (QED) is 0.896. The number of likely N-dealkylation sites (tertiary alicyclic amines) is 1. The molecule has 1 fully saturated rings. The maximum atomic E-state index is 12.2. The van der Waals surface area contributed by atoms with Gasteiger partial charge in [0, 0.05) is 25.8 Å². The summed E-state index contributed by atoms with van der Waals surface area (Å²) in [7, 11) is 0. The second kappa shape index (κ2) is 5.88. The Balaban J connectivity index is 2.03. The van der Waals surface area contributed by atoms with Crippen molar-refractivity contribution in [1.29, 1.82) is 0 Å². The number of nitrogens with zero attached hydrogens (tertiary/aromatic N) is 1. The number of aromatic carboxylic acids is 1. The van der Waals surface area contributed by atoms with Crippen molar-refractivity contribution in [2.24, 2.45) is 0 Å². The van der Waals surface area contributed by atoms with E-state index in [1.165, 1.54) is 6.07 Å². The van der Waals surface area contributed by atoms with Crippen molar-refractivity contribution in [3.8, 4) is 0 Å². The Morgan fingerprint density at radius 2 is 2.37 bits per heavy atom. The van der Waals surface area contributed by atoms with Gasteiger partial charge in [0.2, 0.25) is 0 Å². The van der Waals surface area contributed by atoms with Gasteiger partial charge in [-0.15, -0.1) is 0 Å². The van der Waals surface area contributed by atoms with Crippen molar-refractivity contribution >= 4 is 11.9 Å². The van der Waals surface area contributed by atoms with Gasteiger partial charge in [0.1, 0.15) is 6.26 Å². The van der Waals surface area contributed by atoms with Gasteiger partial charge in [0.15, 0.2) is 5.76 Å². The minimum absolute atomic E-state index is 0.0123. The highest BCUT2D eigenvalue weighted by Gasteiger charge is 2.27. The topological polar surface area (TPSA) is 80.0 Å². The van der Waals surface area contributed by atoms with Crippen LogP contribution in [-0.2, 0) is 4.74 Å². The fourth-order valence-corrected chi connectivity index (χ4v) is 2.21. The molecule has 0 bridgehead atoms. The molecule has 1 unspecified atom stereocenters. The molecule has 1 aliphatic rings. The van der Waals surface area contributed by atoms with Gasteiger partial charge in [-0.1, -0.05) is 0 Å². The minimum Gasteiger partial charge on any atom is -0.478 e. The summed E-state index contributed by atoms with van der Waals surface area (Å²) in [6.07, 6.45) is 2.95. The van der Waals surface area contributed by atoms with E-state index in [9.17, 15) is 9.59 Å². The van der Waals surface area contributed by atoms with Gasteiger partial charge in [-0.2, -0.15) is 0 Å². The molecule has 1 N–H and O–H groups in total. The molecule has 2 rings (SSSR count). The molecular weight excluding hydrogens is 250 g/mol. The normalized spacial score (nSPS) is 19.4. The Morgan fingerprint density at radius 1 is 1.58 bits per heavy atom. The van der Waals surface area contributed by atoms with Crippen LogP contribution >= 0.6 is 0 Å². The van der Waals surface area contributed by atoms with E-state index in [1.54, 1.807) is 4.90 Å². The van der Waals surface area contributed by atoms with E-state index in [-0.39, 0.29) is 23.3 Å². The number of amides is 1. The van der Waals surface area contributed by atoms with E-state index in [1.807, 2.05) is 6.92 Å². The molecule has 2 heterocycles. The van der Waals surface area contributed by atoms with Crippen LogP contribution in [0, 0.1) is 0 Å². The lowest BCUT2D eigenvalue weighted by molar-refractivity contribution is 0.00617. The predicted octanol–water partition coefficient (Wildman–Crippen LogP) is 1.62. The van der Waals surface area contributed by atoms with Crippen LogP contribution < -0.4 is 0 Å². The number of furan rings is 1. The van der Waals surface area contributed by atoms with E-state index in [0.717, 1.165) is 19.1 Å². The van der Waals surface area contributed by atoms with E-state index in [2.05, 4.69) is 0 Å². The van der Waals surface area contributed by atoms with Crippen LogP contribution in [0.15, 0.2) is 16.7 Å². The Morgan fingerprint density at radius 3 is 3.00 bits per heavy atom. The largest absolute Gasteiger partial charge is 0.478 e. The third kappa shape index (κ3) is 3.14. The van der Waals surface area contributed by atoms with Gasteiger partial charge in [0.05, 0.1) is 11.7 Å². The van der Waals surface area contributed by atoms with E-state index in [0.29, 0.717) is 19.7 Å². The second-order valence-electron chi connectivity index (χ2n) is 4.48. The number of carboxylic acid groups (broad SMARTS) is 1. The number of rotatable bonds is 4. The first-order chi connectivity index (χ1) is 9.11. The summed E-state index contributed by atoms with van der Waals surface area (Å²) in [5.74, 6) is -1.32. The summed E-state index contributed by atoms with van der Waals surface area (Å²) in [5, 5.41) is 8.80. The first-order valence-corrected chi connectivity index (χ1v) is 6.34. The molecule has 0 saturated carbocycles. The van der Waals surface area contributed by atoms with Gasteiger partial charge < -0.3 is 19.2 Å². The van der Waals surface area contributed by atoms with Crippen molar-refractivity contribution in [3.63, 3.8) is 0 Å². The zero-order valence-corrected chi connectivity index (χ0v) is 10.8. The molecule has 0 radical (unpaired) electrons. The molecule has 0 aromatic carbocycles. The van der Waals surface area contributed by atoms with Crippen LogP contribution in [0.3, 0.4) is 0 Å². The molecule has 104 valence electrons.